The number of nitro benzene ring substituents is 1. The summed E-state index contributed by atoms with van der Waals surface area (Å²) in [5.41, 5.74) is 2.37. The molecule has 198 valence electrons. The second-order valence-electron chi connectivity index (χ2n) is 9.05. The number of hydrogen-bond donors (Lipinski definition) is 1. The van der Waals surface area contributed by atoms with Crippen LogP contribution in [0.5, 0.6) is 0 Å². The molecule has 0 unspecified atom stereocenters. The highest BCUT2D eigenvalue weighted by Gasteiger charge is 2.24. The molecule has 0 saturated carbocycles. The predicted molar refractivity (Wildman–Crippen MR) is 154 cm³/mol. The summed E-state index contributed by atoms with van der Waals surface area (Å²) in [6.45, 7) is 3.58. The molecule has 11 heteroatoms. The van der Waals surface area contributed by atoms with E-state index < -0.39 is 10.5 Å². The van der Waals surface area contributed by atoms with Crippen LogP contribution in [0, 0.1) is 39.7 Å². The summed E-state index contributed by atoms with van der Waals surface area (Å²) in [7, 11) is 0. The lowest BCUT2D eigenvalue weighted by atomic mass is 9.96. The lowest BCUT2D eigenvalue weighted by Crippen LogP contribution is -2.23. The molecule has 0 atom stereocenters. The minimum absolute atomic E-state index is 0.0128. The topological polar surface area (TPSA) is 166 Å². The number of aromatic amines is 1. The number of para-hydroxylation sites is 2. The van der Waals surface area contributed by atoms with Crippen molar-refractivity contribution in [1.82, 2.24) is 14.6 Å². The molecule has 0 aliphatic heterocycles. The lowest BCUT2D eigenvalue weighted by molar-refractivity contribution is -0.384. The van der Waals surface area contributed by atoms with Gasteiger partial charge in [-0.05, 0) is 49.2 Å². The highest BCUT2D eigenvalue weighted by molar-refractivity contribution is 5.98. The Morgan fingerprint density at radius 1 is 1.02 bits per heavy atom. The molecular weight excluding hydrogens is 520 g/mol. The molecule has 2 aromatic heterocycles. The molecule has 0 spiro atoms. The van der Waals surface area contributed by atoms with Crippen LogP contribution in [-0.2, 0) is 0 Å². The largest absolute Gasteiger partial charge is 0.337 e. The summed E-state index contributed by atoms with van der Waals surface area (Å²) in [5.74, 6) is 0.281. The summed E-state index contributed by atoms with van der Waals surface area (Å²) in [6.07, 6.45) is 1.49. The Morgan fingerprint density at radius 2 is 1.71 bits per heavy atom. The number of nitriles is 2. The molecule has 5 rings (SSSR count). The van der Waals surface area contributed by atoms with Gasteiger partial charge in [0.05, 0.1) is 16.0 Å². The van der Waals surface area contributed by atoms with Crippen LogP contribution in [0.25, 0.3) is 22.2 Å². The Kier molecular flexibility index (Phi) is 7.01. The van der Waals surface area contributed by atoms with Crippen LogP contribution in [0.2, 0.25) is 0 Å². The second kappa shape index (κ2) is 10.9. The number of pyridine rings is 1. The third-order valence-electron chi connectivity index (χ3n) is 6.32. The van der Waals surface area contributed by atoms with Gasteiger partial charge in [0.2, 0.25) is 0 Å². The fraction of sp³-hybridized carbons (Fsp3) is 0.0667. The zero-order valence-electron chi connectivity index (χ0n) is 21.9. The molecule has 0 aliphatic carbocycles. The third kappa shape index (κ3) is 5.11. The molecule has 2 heterocycles. The summed E-state index contributed by atoms with van der Waals surface area (Å²) >= 11 is 0. The van der Waals surface area contributed by atoms with Gasteiger partial charge in [-0.3, -0.25) is 14.9 Å². The van der Waals surface area contributed by atoms with Gasteiger partial charge in [0.1, 0.15) is 29.0 Å². The van der Waals surface area contributed by atoms with Crippen molar-refractivity contribution in [1.29, 1.82) is 10.5 Å². The van der Waals surface area contributed by atoms with Crippen LogP contribution in [0.4, 0.5) is 11.5 Å². The third-order valence-corrected chi connectivity index (χ3v) is 6.32. The molecule has 0 amide bonds. The Labute approximate surface area is 233 Å². The van der Waals surface area contributed by atoms with Crippen molar-refractivity contribution >= 4 is 34.5 Å². The molecule has 1 N–H and O–H groups in total. The SMILES string of the molecule is C/C(=N\n1c(N=Cc2ccc(C)cc2)c(C#N)c(-c2ccc([N+](=O)[O-])cc2)c(C#N)c1=O)c1nc2ccccc2[nH]1. The van der Waals surface area contributed by atoms with Gasteiger partial charge in [-0.1, -0.05) is 42.0 Å². The van der Waals surface area contributed by atoms with Gasteiger partial charge < -0.3 is 4.98 Å². The lowest BCUT2D eigenvalue weighted by Gasteiger charge is -2.13. The molecule has 3 aromatic carbocycles. The monoisotopic (exact) mass is 540 g/mol. The van der Waals surface area contributed by atoms with Crippen LogP contribution in [-0.4, -0.2) is 31.5 Å². The van der Waals surface area contributed by atoms with E-state index in [0.717, 1.165) is 15.8 Å². The van der Waals surface area contributed by atoms with Crippen molar-refractivity contribution in [3.05, 3.63) is 121 Å². The second-order valence-corrected chi connectivity index (χ2v) is 9.05. The summed E-state index contributed by atoms with van der Waals surface area (Å²) in [4.78, 5) is 36.5. The number of nitrogens with one attached hydrogen (secondary N) is 1. The Hall–Kier alpha value is -6.20. The first-order valence-corrected chi connectivity index (χ1v) is 12.3. The van der Waals surface area contributed by atoms with Crippen LogP contribution < -0.4 is 5.56 Å². The van der Waals surface area contributed by atoms with Gasteiger partial charge in [0.25, 0.3) is 11.2 Å². The Bertz CT molecular complexity index is 1990. The number of nitro groups is 1. The summed E-state index contributed by atoms with van der Waals surface area (Å²) < 4.78 is 0.916. The molecule has 0 aliphatic rings. The van der Waals surface area contributed by atoms with Crippen LogP contribution >= 0.6 is 0 Å². The minimum atomic E-state index is -0.814. The number of fused-ring (bicyclic) bond motifs is 1. The highest BCUT2D eigenvalue weighted by atomic mass is 16.6. The highest BCUT2D eigenvalue weighted by Crippen LogP contribution is 2.33. The van der Waals surface area contributed by atoms with E-state index >= 15 is 0 Å². The fourth-order valence-electron chi connectivity index (χ4n) is 4.22. The molecule has 0 fully saturated rings. The van der Waals surface area contributed by atoms with E-state index in [4.69, 9.17) is 0 Å². The normalized spacial score (nSPS) is 11.5. The first kappa shape index (κ1) is 26.4. The zero-order chi connectivity index (χ0) is 29.1. The van der Waals surface area contributed by atoms with Gasteiger partial charge >= 0.3 is 0 Å². The van der Waals surface area contributed by atoms with Gasteiger partial charge in [-0.15, -0.1) is 0 Å². The zero-order valence-corrected chi connectivity index (χ0v) is 21.9. The standard InChI is InChI=1S/C30H20N8O3/c1-18-7-9-20(10-8-18)17-33-29-23(15-31)27(21-11-13-22(14-12-21)38(40)41)24(16-32)30(39)37(29)36-19(2)28-34-25-5-3-4-6-26(25)35-28/h3-14,17H,1-2H3,(H,34,35)/b33-17?,36-19+. The summed E-state index contributed by atoms with van der Waals surface area (Å²) in [5, 5.41) is 36.0. The van der Waals surface area contributed by atoms with Crippen LogP contribution in [0.1, 0.15) is 35.0 Å². The van der Waals surface area contributed by atoms with Crippen LogP contribution in [0.15, 0.2) is 87.7 Å². The number of hydrogen-bond acceptors (Lipinski definition) is 8. The quantitative estimate of drug-likeness (QED) is 0.172. The van der Waals surface area contributed by atoms with Crippen molar-refractivity contribution in [3.8, 4) is 23.3 Å². The van der Waals surface area contributed by atoms with E-state index in [-0.39, 0.29) is 33.8 Å². The van der Waals surface area contributed by atoms with Crippen molar-refractivity contribution < 1.29 is 4.92 Å². The number of aryl methyl sites for hydroxylation is 1. The van der Waals surface area contributed by atoms with E-state index in [1.807, 2.05) is 61.5 Å². The van der Waals surface area contributed by atoms with E-state index in [1.165, 1.54) is 30.5 Å². The van der Waals surface area contributed by atoms with Gasteiger partial charge in [0, 0.05) is 23.9 Å². The molecule has 0 bridgehead atoms. The van der Waals surface area contributed by atoms with Crippen molar-refractivity contribution in [2.75, 3.05) is 0 Å². The number of aliphatic imine (C=N–C) groups is 1. The first-order chi connectivity index (χ1) is 19.8. The number of rotatable bonds is 6. The number of nitrogens with zero attached hydrogens (tertiary/aromatic N) is 7. The smallest absolute Gasteiger partial charge is 0.291 e. The van der Waals surface area contributed by atoms with Crippen molar-refractivity contribution in [2.45, 2.75) is 13.8 Å². The molecule has 0 saturated heterocycles. The number of H-pyrrole nitrogens is 1. The van der Waals surface area contributed by atoms with Gasteiger partial charge in [-0.25, -0.2) is 9.98 Å². The molecule has 11 nitrogen and oxygen atoms in total. The molecular formula is C30H20N8O3. The van der Waals surface area contributed by atoms with E-state index in [9.17, 15) is 25.4 Å². The maximum atomic E-state index is 13.8. The average molecular weight is 541 g/mol. The molecule has 5 aromatic rings. The van der Waals surface area contributed by atoms with E-state index in [2.05, 4.69) is 26.1 Å². The first-order valence-electron chi connectivity index (χ1n) is 12.3. The minimum Gasteiger partial charge on any atom is -0.337 e. The number of imidazole rings is 1. The van der Waals surface area contributed by atoms with Crippen LogP contribution in [0.3, 0.4) is 0 Å². The van der Waals surface area contributed by atoms with E-state index in [0.29, 0.717) is 22.6 Å². The average Bonchev–Trinajstić information content (AvgIpc) is 3.42. The number of non-ortho nitro benzene ring substituents is 1. The number of aromatic nitrogens is 3. The van der Waals surface area contributed by atoms with E-state index in [1.54, 1.807) is 6.92 Å². The number of benzene rings is 3. The fourth-order valence-corrected chi connectivity index (χ4v) is 4.22. The summed E-state index contributed by atoms with van der Waals surface area (Å²) in [6, 6.07) is 24.0. The van der Waals surface area contributed by atoms with Gasteiger partial charge in [0.15, 0.2) is 11.6 Å². The Morgan fingerprint density at radius 3 is 2.34 bits per heavy atom. The predicted octanol–water partition coefficient (Wildman–Crippen LogP) is 5.37. The molecule has 41 heavy (non-hydrogen) atoms. The Balaban J connectivity index is 1.78. The maximum Gasteiger partial charge on any atom is 0.291 e. The van der Waals surface area contributed by atoms with Gasteiger partial charge in [-0.2, -0.15) is 20.3 Å². The molecule has 0 radical (unpaired) electrons. The van der Waals surface area contributed by atoms with Crippen molar-refractivity contribution in [3.63, 3.8) is 0 Å². The van der Waals surface area contributed by atoms with Crippen molar-refractivity contribution in [2.24, 2.45) is 10.1 Å². The maximum absolute atomic E-state index is 13.8.